The van der Waals surface area contributed by atoms with E-state index in [2.05, 4.69) is 40.7 Å². The van der Waals surface area contributed by atoms with Gasteiger partial charge in [0.15, 0.2) is 5.78 Å². The minimum atomic E-state index is 0.129. The van der Waals surface area contributed by atoms with E-state index in [-0.39, 0.29) is 5.78 Å². The number of anilines is 1. The number of halogens is 1. The molecule has 18 heavy (non-hydrogen) atoms. The van der Waals surface area contributed by atoms with Crippen LogP contribution in [0, 0.1) is 0 Å². The van der Waals surface area contributed by atoms with Gasteiger partial charge in [0, 0.05) is 39.3 Å². The third-order valence-corrected chi connectivity index (χ3v) is 5.36. The van der Waals surface area contributed by atoms with Gasteiger partial charge < -0.3 is 4.90 Å². The molecule has 98 valence electrons. The lowest BCUT2D eigenvalue weighted by molar-refractivity contribution is 0.101. The zero-order valence-corrected chi connectivity index (χ0v) is 13.3. The second-order valence-electron chi connectivity index (χ2n) is 4.73. The van der Waals surface area contributed by atoms with Crippen LogP contribution in [0.1, 0.15) is 31.1 Å². The predicted octanol–water partition coefficient (Wildman–Crippen LogP) is 3.98. The van der Waals surface area contributed by atoms with E-state index in [1.54, 1.807) is 6.92 Å². The molecule has 4 heteroatoms. The van der Waals surface area contributed by atoms with E-state index >= 15 is 0 Å². The maximum atomic E-state index is 11.8. The second-order valence-corrected chi connectivity index (χ2v) is 7.13. The first-order chi connectivity index (χ1) is 8.50. The Morgan fingerprint density at radius 1 is 1.44 bits per heavy atom. The number of thioether (sulfide) groups is 1. The monoisotopic (exact) mass is 327 g/mol. The van der Waals surface area contributed by atoms with Crippen LogP contribution in [0.3, 0.4) is 0 Å². The van der Waals surface area contributed by atoms with E-state index < -0.39 is 0 Å². The number of benzene rings is 1. The smallest absolute Gasteiger partial charge is 0.161 e. The first kappa shape index (κ1) is 13.9. The SMILES string of the molecule is CC(=O)c1cc(Br)ccc1N1CCSC(C)C1C. The molecule has 1 saturated heterocycles. The Balaban J connectivity index is 2.40. The van der Waals surface area contributed by atoms with Crippen molar-refractivity contribution >= 4 is 39.2 Å². The van der Waals surface area contributed by atoms with Crippen LogP contribution in [0.2, 0.25) is 0 Å². The Bertz CT molecular complexity index is 463. The predicted molar refractivity (Wildman–Crippen MR) is 82.9 cm³/mol. The maximum absolute atomic E-state index is 11.8. The largest absolute Gasteiger partial charge is 0.366 e. The van der Waals surface area contributed by atoms with Crippen LogP contribution < -0.4 is 4.90 Å². The molecule has 0 aromatic heterocycles. The molecular formula is C14H18BrNOS. The molecule has 2 unspecified atom stereocenters. The summed E-state index contributed by atoms with van der Waals surface area (Å²) in [6.45, 7) is 7.15. The van der Waals surface area contributed by atoms with Crippen LogP contribution in [0.15, 0.2) is 22.7 Å². The number of nitrogens with zero attached hydrogens (tertiary/aromatic N) is 1. The van der Waals surface area contributed by atoms with Gasteiger partial charge in [0.05, 0.1) is 0 Å². The summed E-state index contributed by atoms with van der Waals surface area (Å²) in [6.07, 6.45) is 0. The highest BCUT2D eigenvalue weighted by Crippen LogP contribution is 2.32. The summed E-state index contributed by atoms with van der Waals surface area (Å²) in [5, 5.41) is 0.599. The summed E-state index contributed by atoms with van der Waals surface area (Å²) in [4.78, 5) is 14.2. The molecule has 1 heterocycles. The standard InChI is InChI=1S/C14H18BrNOS/c1-9-11(3)18-7-6-16(9)14-5-4-12(15)8-13(14)10(2)17/h4-5,8-9,11H,6-7H2,1-3H3. The van der Waals surface area contributed by atoms with Crippen LogP contribution in [-0.2, 0) is 0 Å². The van der Waals surface area contributed by atoms with Gasteiger partial charge in [-0.2, -0.15) is 11.8 Å². The molecule has 0 aliphatic carbocycles. The topological polar surface area (TPSA) is 20.3 Å². The number of hydrogen-bond donors (Lipinski definition) is 0. The summed E-state index contributed by atoms with van der Waals surface area (Å²) in [5.74, 6) is 1.25. The van der Waals surface area contributed by atoms with Crippen molar-refractivity contribution in [3.8, 4) is 0 Å². The van der Waals surface area contributed by atoms with Crippen molar-refractivity contribution in [3.05, 3.63) is 28.2 Å². The van der Waals surface area contributed by atoms with Crippen LogP contribution in [-0.4, -0.2) is 29.4 Å². The van der Waals surface area contributed by atoms with E-state index in [0.29, 0.717) is 11.3 Å². The van der Waals surface area contributed by atoms with Crippen molar-refractivity contribution in [1.82, 2.24) is 0 Å². The fourth-order valence-corrected chi connectivity index (χ4v) is 3.77. The molecule has 1 aromatic rings. The molecule has 1 fully saturated rings. The molecular weight excluding hydrogens is 310 g/mol. The van der Waals surface area contributed by atoms with Gasteiger partial charge in [-0.05, 0) is 32.0 Å². The highest BCUT2D eigenvalue weighted by atomic mass is 79.9. The first-order valence-corrected chi connectivity index (χ1v) is 8.03. The van der Waals surface area contributed by atoms with Gasteiger partial charge in [0.1, 0.15) is 0 Å². The van der Waals surface area contributed by atoms with E-state index in [1.807, 2.05) is 23.9 Å². The zero-order valence-electron chi connectivity index (χ0n) is 10.9. The van der Waals surface area contributed by atoms with Crippen molar-refractivity contribution < 1.29 is 4.79 Å². The van der Waals surface area contributed by atoms with Gasteiger partial charge in [0.2, 0.25) is 0 Å². The summed E-state index contributed by atoms with van der Waals surface area (Å²) in [7, 11) is 0. The van der Waals surface area contributed by atoms with Crippen molar-refractivity contribution in [3.63, 3.8) is 0 Å². The summed E-state index contributed by atoms with van der Waals surface area (Å²) in [6, 6.07) is 6.46. The molecule has 0 N–H and O–H groups in total. The van der Waals surface area contributed by atoms with Crippen molar-refractivity contribution in [2.75, 3.05) is 17.2 Å². The summed E-state index contributed by atoms with van der Waals surface area (Å²) >= 11 is 5.45. The Morgan fingerprint density at radius 2 is 2.17 bits per heavy atom. The fourth-order valence-electron chi connectivity index (χ4n) is 2.31. The van der Waals surface area contributed by atoms with Gasteiger partial charge in [-0.15, -0.1) is 0 Å². The average Bonchev–Trinajstić information content (AvgIpc) is 2.33. The van der Waals surface area contributed by atoms with E-state index in [0.717, 1.165) is 28.0 Å². The lowest BCUT2D eigenvalue weighted by Gasteiger charge is -2.40. The summed E-state index contributed by atoms with van der Waals surface area (Å²) in [5.41, 5.74) is 1.89. The Hall–Kier alpha value is -0.480. The number of rotatable bonds is 2. The van der Waals surface area contributed by atoms with Crippen molar-refractivity contribution in [2.45, 2.75) is 32.1 Å². The van der Waals surface area contributed by atoms with Gasteiger partial charge in [-0.3, -0.25) is 4.79 Å². The van der Waals surface area contributed by atoms with Gasteiger partial charge in [-0.1, -0.05) is 22.9 Å². The first-order valence-electron chi connectivity index (χ1n) is 6.19. The maximum Gasteiger partial charge on any atom is 0.161 e. The van der Waals surface area contributed by atoms with E-state index in [4.69, 9.17) is 0 Å². The van der Waals surface area contributed by atoms with Crippen LogP contribution >= 0.6 is 27.7 Å². The minimum absolute atomic E-state index is 0.129. The number of carbonyl (C=O) groups excluding carboxylic acids is 1. The second kappa shape index (κ2) is 5.66. The molecule has 2 atom stereocenters. The molecule has 2 rings (SSSR count). The van der Waals surface area contributed by atoms with Crippen LogP contribution in [0.5, 0.6) is 0 Å². The van der Waals surface area contributed by atoms with Crippen molar-refractivity contribution in [1.29, 1.82) is 0 Å². The number of hydrogen-bond acceptors (Lipinski definition) is 3. The fraction of sp³-hybridized carbons (Fsp3) is 0.500. The third kappa shape index (κ3) is 2.75. The number of Topliss-reactive ketones (excluding diaryl/α,β-unsaturated/α-hetero) is 1. The summed E-state index contributed by atoms with van der Waals surface area (Å²) < 4.78 is 0.962. The van der Waals surface area contributed by atoms with E-state index in [9.17, 15) is 4.79 Å². The Kier molecular flexibility index (Phi) is 4.38. The molecule has 1 aliphatic heterocycles. The zero-order chi connectivity index (χ0) is 13.3. The normalized spacial score (nSPS) is 24.1. The number of ketones is 1. The molecule has 0 amide bonds. The van der Waals surface area contributed by atoms with Gasteiger partial charge in [-0.25, -0.2) is 0 Å². The molecule has 1 aliphatic rings. The molecule has 0 spiro atoms. The molecule has 0 radical (unpaired) electrons. The molecule has 1 aromatic carbocycles. The lowest BCUT2D eigenvalue weighted by atomic mass is 10.1. The molecule has 2 nitrogen and oxygen atoms in total. The quantitative estimate of drug-likeness (QED) is 0.766. The number of carbonyl (C=O) groups is 1. The van der Waals surface area contributed by atoms with Crippen LogP contribution in [0.4, 0.5) is 5.69 Å². The Labute approximate surface area is 121 Å². The molecule has 0 saturated carbocycles. The van der Waals surface area contributed by atoms with Crippen LogP contribution in [0.25, 0.3) is 0 Å². The average molecular weight is 328 g/mol. The third-order valence-electron chi connectivity index (χ3n) is 3.53. The van der Waals surface area contributed by atoms with E-state index in [1.165, 1.54) is 0 Å². The highest BCUT2D eigenvalue weighted by Gasteiger charge is 2.27. The lowest BCUT2D eigenvalue weighted by Crippen LogP contribution is -2.45. The van der Waals surface area contributed by atoms with Crippen molar-refractivity contribution in [2.24, 2.45) is 0 Å². The highest BCUT2D eigenvalue weighted by molar-refractivity contribution is 9.10. The van der Waals surface area contributed by atoms with Gasteiger partial charge >= 0.3 is 0 Å². The Morgan fingerprint density at radius 3 is 2.83 bits per heavy atom. The molecule has 0 bridgehead atoms. The minimum Gasteiger partial charge on any atom is -0.366 e. The van der Waals surface area contributed by atoms with Gasteiger partial charge in [0.25, 0.3) is 0 Å².